The van der Waals surface area contributed by atoms with Crippen molar-refractivity contribution in [3.05, 3.63) is 70.3 Å². The average Bonchev–Trinajstić information content (AvgIpc) is 3.27. The maximum absolute atomic E-state index is 13.1. The fourth-order valence-corrected chi connectivity index (χ4v) is 4.57. The summed E-state index contributed by atoms with van der Waals surface area (Å²) >= 11 is 2.56. The molecule has 1 amide bonds. The molecule has 4 aromatic rings. The van der Waals surface area contributed by atoms with Crippen LogP contribution in [-0.4, -0.2) is 35.4 Å². The monoisotopic (exact) mass is 453 g/mol. The minimum absolute atomic E-state index is 0.0778. The molecule has 1 N–H and O–H groups in total. The zero-order valence-corrected chi connectivity index (χ0v) is 18.5. The number of thioether (sulfide) groups is 1. The van der Waals surface area contributed by atoms with Crippen molar-refractivity contribution >= 4 is 44.9 Å². The van der Waals surface area contributed by atoms with Crippen molar-refractivity contribution in [3.8, 4) is 17.2 Å². The van der Waals surface area contributed by atoms with Crippen LogP contribution in [0.1, 0.15) is 0 Å². The van der Waals surface area contributed by atoms with Gasteiger partial charge in [0.2, 0.25) is 5.91 Å². The second-order valence-corrected chi connectivity index (χ2v) is 8.30. The molecule has 2 aromatic heterocycles. The SMILES string of the molecule is COc1cc(NC(=O)CSc2nc3ccsc3c(=O)n2-c2ccccc2)cc(OC)c1. The van der Waals surface area contributed by atoms with Gasteiger partial charge in [-0.3, -0.25) is 14.2 Å². The number of nitrogens with zero attached hydrogens (tertiary/aromatic N) is 2. The molecule has 0 saturated carbocycles. The first-order chi connectivity index (χ1) is 15.1. The molecule has 0 aliphatic carbocycles. The van der Waals surface area contributed by atoms with Crippen molar-refractivity contribution in [3.63, 3.8) is 0 Å². The minimum atomic E-state index is -0.236. The number of benzene rings is 2. The molecule has 0 aliphatic heterocycles. The Kier molecular flexibility index (Phi) is 6.24. The average molecular weight is 454 g/mol. The van der Waals surface area contributed by atoms with Gasteiger partial charge in [0, 0.05) is 23.9 Å². The third-order valence-corrected chi connectivity index (χ3v) is 6.26. The number of rotatable bonds is 7. The highest BCUT2D eigenvalue weighted by atomic mass is 32.2. The van der Waals surface area contributed by atoms with Crippen LogP contribution < -0.4 is 20.3 Å². The predicted octanol–water partition coefficient (Wildman–Crippen LogP) is 4.20. The summed E-state index contributed by atoms with van der Waals surface area (Å²) in [6, 6.07) is 16.2. The molecule has 0 atom stereocenters. The Bertz CT molecular complexity index is 1260. The number of carbonyl (C=O) groups is 1. The topological polar surface area (TPSA) is 82.5 Å². The van der Waals surface area contributed by atoms with Gasteiger partial charge >= 0.3 is 0 Å². The third kappa shape index (κ3) is 4.57. The lowest BCUT2D eigenvalue weighted by Crippen LogP contribution is -2.22. The molecule has 9 heteroatoms. The number of hydrogen-bond acceptors (Lipinski definition) is 7. The number of para-hydroxylation sites is 1. The molecule has 7 nitrogen and oxygen atoms in total. The zero-order valence-electron chi connectivity index (χ0n) is 16.8. The molecule has 0 unspecified atom stereocenters. The van der Waals surface area contributed by atoms with E-state index in [1.807, 2.05) is 41.8 Å². The summed E-state index contributed by atoms with van der Waals surface area (Å²) in [5.41, 5.74) is 1.74. The number of ether oxygens (including phenoxy) is 2. The van der Waals surface area contributed by atoms with Gasteiger partial charge in [-0.1, -0.05) is 30.0 Å². The van der Waals surface area contributed by atoms with E-state index in [9.17, 15) is 9.59 Å². The summed E-state index contributed by atoms with van der Waals surface area (Å²) in [5, 5.41) is 5.13. The van der Waals surface area contributed by atoms with E-state index in [-0.39, 0.29) is 17.2 Å². The van der Waals surface area contributed by atoms with Crippen LogP contribution in [0.25, 0.3) is 15.9 Å². The molecule has 158 valence electrons. The van der Waals surface area contributed by atoms with Crippen LogP contribution in [-0.2, 0) is 4.79 Å². The van der Waals surface area contributed by atoms with Crippen molar-refractivity contribution in [2.24, 2.45) is 0 Å². The fraction of sp³-hybridized carbons (Fsp3) is 0.136. The number of hydrogen-bond donors (Lipinski definition) is 1. The van der Waals surface area contributed by atoms with Gasteiger partial charge in [0.15, 0.2) is 5.16 Å². The third-order valence-electron chi connectivity index (χ3n) is 4.43. The van der Waals surface area contributed by atoms with Crippen LogP contribution in [0.2, 0.25) is 0 Å². The van der Waals surface area contributed by atoms with Crippen molar-refractivity contribution in [1.82, 2.24) is 9.55 Å². The summed E-state index contributed by atoms with van der Waals surface area (Å²) in [5.74, 6) is 0.989. The summed E-state index contributed by atoms with van der Waals surface area (Å²) < 4.78 is 12.6. The lowest BCUT2D eigenvalue weighted by molar-refractivity contribution is -0.113. The van der Waals surface area contributed by atoms with Gasteiger partial charge in [-0.25, -0.2) is 4.98 Å². The maximum Gasteiger partial charge on any atom is 0.276 e. The van der Waals surface area contributed by atoms with Gasteiger partial charge in [0.25, 0.3) is 5.56 Å². The molecule has 0 radical (unpaired) electrons. The summed E-state index contributed by atoms with van der Waals surface area (Å²) in [6.07, 6.45) is 0. The van der Waals surface area contributed by atoms with Crippen LogP contribution in [0, 0.1) is 0 Å². The quantitative estimate of drug-likeness (QED) is 0.334. The Morgan fingerprint density at radius 2 is 1.81 bits per heavy atom. The van der Waals surface area contributed by atoms with Gasteiger partial charge < -0.3 is 14.8 Å². The maximum atomic E-state index is 13.1. The van der Waals surface area contributed by atoms with E-state index in [2.05, 4.69) is 10.3 Å². The Morgan fingerprint density at radius 1 is 1.10 bits per heavy atom. The van der Waals surface area contributed by atoms with Crippen LogP contribution >= 0.6 is 23.1 Å². The smallest absolute Gasteiger partial charge is 0.276 e. The number of nitrogens with one attached hydrogen (secondary N) is 1. The van der Waals surface area contributed by atoms with Gasteiger partial charge in [-0.2, -0.15) is 0 Å². The molecule has 0 spiro atoms. The van der Waals surface area contributed by atoms with Crippen molar-refractivity contribution in [1.29, 1.82) is 0 Å². The minimum Gasteiger partial charge on any atom is -0.497 e. The Morgan fingerprint density at radius 3 is 2.48 bits per heavy atom. The van der Waals surface area contributed by atoms with Crippen molar-refractivity contribution < 1.29 is 14.3 Å². The van der Waals surface area contributed by atoms with Gasteiger partial charge in [-0.15, -0.1) is 11.3 Å². The predicted molar refractivity (Wildman–Crippen MR) is 124 cm³/mol. The molecule has 0 fully saturated rings. The van der Waals surface area contributed by atoms with Crippen molar-refractivity contribution in [2.45, 2.75) is 5.16 Å². The van der Waals surface area contributed by atoms with E-state index in [0.29, 0.717) is 38.2 Å². The number of methoxy groups -OCH3 is 2. The number of carbonyl (C=O) groups excluding carboxylic acids is 1. The standard InChI is InChI=1S/C22H19N3O4S2/c1-28-16-10-14(11-17(12-16)29-2)23-19(26)13-31-22-24-18-8-9-30-20(18)21(27)25(22)15-6-4-3-5-7-15/h3-12H,13H2,1-2H3,(H,23,26). The van der Waals surface area contributed by atoms with E-state index >= 15 is 0 Å². The first-order valence-corrected chi connectivity index (χ1v) is 11.2. The number of aromatic nitrogens is 2. The van der Waals surface area contributed by atoms with Crippen LogP contribution in [0.5, 0.6) is 11.5 Å². The Hall–Kier alpha value is -3.30. The van der Waals surface area contributed by atoms with E-state index in [1.165, 1.54) is 23.1 Å². The van der Waals surface area contributed by atoms with Crippen molar-refractivity contribution in [2.75, 3.05) is 25.3 Å². The van der Waals surface area contributed by atoms with Gasteiger partial charge in [0.05, 0.1) is 31.2 Å². The van der Waals surface area contributed by atoms with Gasteiger partial charge in [0.1, 0.15) is 16.2 Å². The van der Waals surface area contributed by atoms with E-state index < -0.39 is 0 Å². The molecule has 2 heterocycles. The first kappa shape index (κ1) is 21.0. The molecular formula is C22H19N3O4S2. The normalized spacial score (nSPS) is 10.8. The fourth-order valence-electron chi connectivity index (χ4n) is 3.00. The van der Waals surface area contributed by atoms with E-state index in [1.54, 1.807) is 37.0 Å². The second kappa shape index (κ2) is 9.23. The molecule has 0 saturated heterocycles. The molecule has 0 bridgehead atoms. The lowest BCUT2D eigenvalue weighted by atomic mass is 10.2. The molecule has 4 rings (SSSR count). The highest BCUT2D eigenvalue weighted by molar-refractivity contribution is 7.99. The number of anilines is 1. The number of thiophene rings is 1. The van der Waals surface area contributed by atoms with Crippen LogP contribution in [0.4, 0.5) is 5.69 Å². The summed E-state index contributed by atoms with van der Waals surface area (Å²) in [7, 11) is 3.09. The van der Waals surface area contributed by atoms with E-state index in [4.69, 9.17) is 9.47 Å². The van der Waals surface area contributed by atoms with Crippen LogP contribution in [0.15, 0.2) is 69.9 Å². The largest absolute Gasteiger partial charge is 0.497 e. The molecule has 2 aromatic carbocycles. The lowest BCUT2D eigenvalue weighted by Gasteiger charge is -2.12. The second-order valence-electron chi connectivity index (χ2n) is 6.44. The summed E-state index contributed by atoms with van der Waals surface area (Å²) in [4.78, 5) is 30.3. The summed E-state index contributed by atoms with van der Waals surface area (Å²) in [6.45, 7) is 0. The zero-order chi connectivity index (χ0) is 21.8. The number of amides is 1. The number of fused-ring (bicyclic) bond motifs is 1. The molecule has 0 aliphatic rings. The Labute approximate surface area is 186 Å². The van der Waals surface area contributed by atoms with E-state index in [0.717, 1.165) is 0 Å². The molecular weight excluding hydrogens is 434 g/mol. The highest BCUT2D eigenvalue weighted by Crippen LogP contribution is 2.27. The Balaban J connectivity index is 1.59. The molecule has 31 heavy (non-hydrogen) atoms. The van der Waals surface area contributed by atoms with Gasteiger partial charge in [-0.05, 0) is 23.6 Å². The van der Waals surface area contributed by atoms with Crippen LogP contribution in [0.3, 0.4) is 0 Å². The highest BCUT2D eigenvalue weighted by Gasteiger charge is 2.16. The first-order valence-electron chi connectivity index (χ1n) is 9.30.